The predicted octanol–water partition coefficient (Wildman–Crippen LogP) is 4.45. The maximum Gasteiger partial charge on any atom is 0.231 e. The van der Waals surface area contributed by atoms with Gasteiger partial charge < -0.3 is 5.32 Å². The van der Waals surface area contributed by atoms with Crippen LogP contribution in [0.5, 0.6) is 0 Å². The van der Waals surface area contributed by atoms with Crippen molar-refractivity contribution in [2.75, 3.05) is 11.1 Å². The van der Waals surface area contributed by atoms with Gasteiger partial charge in [0.05, 0.1) is 17.2 Å². The van der Waals surface area contributed by atoms with E-state index in [1.807, 2.05) is 11.5 Å². The van der Waals surface area contributed by atoms with Crippen LogP contribution in [0.25, 0.3) is 11.4 Å². The molecule has 0 spiro atoms. The molecule has 1 saturated carbocycles. The zero-order valence-corrected chi connectivity index (χ0v) is 17.1. The molecule has 152 valence electrons. The molecule has 2 heterocycles. The number of anilines is 1. The lowest BCUT2D eigenvalue weighted by Crippen LogP contribution is -2.08. The van der Waals surface area contributed by atoms with Crippen LogP contribution in [0.2, 0.25) is 0 Å². The molecule has 0 unspecified atom stereocenters. The topological polar surface area (TPSA) is 76.9 Å². The number of carbonyl (C=O) groups is 2. The first-order valence-corrected chi connectivity index (χ1v) is 10.8. The Labute approximate surface area is 176 Å². The summed E-state index contributed by atoms with van der Waals surface area (Å²) in [6, 6.07) is 12.1. The molecule has 8 heteroatoms. The van der Waals surface area contributed by atoms with Crippen molar-refractivity contribution >= 4 is 29.1 Å². The number of rotatable bonds is 6. The Morgan fingerprint density at radius 1 is 1.23 bits per heavy atom. The molecule has 1 amide bonds. The average Bonchev–Trinajstić information content (AvgIpc) is 3.44. The summed E-state index contributed by atoms with van der Waals surface area (Å²) < 4.78 is 16.2. The lowest BCUT2D eigenvalue weighted by molar-refractivity contribution is -0.116. The largest absolute Gasteiger partial charge is 0.325 e. The number of thioether (sulfide) groups is 1. The van der Waals surface area contributed by atoms with E-state index in [0.717, 1.165) is 24.1 Å². The SMILES string of the molecule is C[C@H]1C(=O)Nc2ccc(C(=O)CSc3nnc(-c4ccccc4F)n3C3CC3)cc21. The highest BCUT2D eigenvalue weighted by Gasteiger charge is 2.31. The zero-order valence-electron chi connectivity index (χ0n) is 16.3. The highest BCUT2D eigenvalue weighted by Crippen LogP contribution is 2.41. The number of benzene rings is 2. The van der Waals surface area contributed by atoms with Crippen LogP contribution in [-0.2, 0) is 4.79 Å². The molecular formula is C22H19FN4O2S. The highest BCUT2D eigenvalue weighted by atomic mass is 32.2. The molecule has 2 aromatic carbocycles. The summed E-state index contributed by atoms with van der Waals surface area (Å²) in [7, 11) is 0. The summed E-state index contributed by atoms with van der Waals surface area (Å²) in [5.41, 5.74) is 2.59. The van der Waals surface area contributed by atoms with Crippen molar-refractivity contribution < 1.29 is 14.0 Å². The van der Waals surface area contributed by atoms with Crippen molar-refractivity contribution in [3.05, 3.63) is 59.4 Å². The number of nitrogens with one attached hydrogen (secondary N) is 1. The normalized spacial score (nSPS) is 17.7. The Kier molecular flexibility index (Phi) is 4.66. The number of Topliss-reactive ketones (excluding diaryl/α,β-unsaturated/α-hetero) is 1. The van der Waals surface area contributed by atoms with Crippen LogP contribution in [0.15, 0.2) is 47.6 Å². The fraction of sp³-hybridized carbons (Fsp3) is 0.273. The molecule has 1 aliphatic carbocycles. The van der Waals surface area contributed by atoms with Crippen LogP contribution >= 0.6 is 11.8 Å². The van der Waals surface area contributed by atoms with E-state index in [2.05, 4.69) is 15.5 Å². The molecule has 0 bridgehead atoms. The van der Waals surface area contributed by atoms with Gasteiger partial charge in [0.25, 0.3) is 0 Å². The van der Waals surface area contributed by atoms with Gasteiger partial charge in [0.2, 0.25) is 5.91 Å². The summed E-state index contributed by atoms with van der Waals surface area (Å²) in [6.45, 7) is 1.83. The van der Waals surface area contributed by atoms with Crippen molar-refractivity contribution in [1.82, 2.24) is 14.8 Å². The van der Waals surface area contributed by atoms with Crippen molar-refractivity contribution in [1.29, 1.82) is 0 Å². The number of nitrogens with zero attached hydrogens (tertiary/aromatic N) is 3. The Bertz CT molecular complexity index is 1170. The van der Waals surface area contributed by atoms with E-state index >= 15 is 0 Å². The lowest BCUT2D eigenvalue weighted by atomic mass is 9.99. The molecule has 5 rings (SSSR count). The number of hydrogen-bond donors (Lipinski definition) is 1. The first kappa shape index (κ1) is 19.0. The summed E-state index contributed by atoms with van der Waals surface area (Å²) in [5.74, 6) is -0.0104. The number of aromatic nitrogens is 3. The molecule has 1 fully saturated rings. The van der Waals surface area contributed by atoms with E-state index in [0.29, 0.717) is 22.1 Å². The smallest absolute Gasteiger partial charge is 0.231 e. The first-order chi connectivity index (χ1) is 14.5. The molecule has 1 atom stereocenters. The maximum absolute atomic E-state index is 14.3. The number of halogens is 1. The Hall–Kier alpha value is -3.00. The van der Waals surface area contributed by atoms with Crippen LogP contribution < -0.4 is 5.32 Å². The van der Waals surface area contributed by atoms with E-state index in [4.69, 9.17) is 0 Å². The molecule has 1 N–H and O–H groups in total. The summed E-state index contributed by atoms with van der Waals surface area (Å²) in [6.07, 6.45) is 1.98. The second-order valence-corrected chi connectivity index (χ2v) is 8.55. The van der Waals surface area contributed by atoms with Gasteiger partial charge in [-0.3, -0.25) is 14.2 Å². The van der Waals surface area contributed by atoms with Crippen molar-refractivity contribution in [3.8, 4) is 11.4 Å². The highest BCUT2D eigenvalue weighted by molar-refractivity contribution is 7.99. The van der Waals surface area contributed by atoms with Gasteiger partial charge >= 0.3 is 0 Å². The number of amides is 1. The van der Waals surface area contributed by atoms with E-state index in [1.165, 1.54) is 17.8 Å². The van der Waals surface area contributed by atoms with Gasteiger partial charge in [-0.1, -0.05) is 23.9 Å². The summed E-state index contributed by atoms with van der Waals surface area (Å²) >= 11 is 1.31. The van der Waals surface area contributed by atoms with Gasteiger partial charge in [0.15, 0.2) is 16.8 Å². The van der Waals surface area contributed by atoms with Gasteiger partial charge in [-0.2, -0.15) is 0 Å². The molecule has 1 aromatic heterocycles. The second-order valence-electron chi connectivity index (χ2n) is 7.61. The maximum atomic E-state index is 14.3. The third-order valence-corrected chi connectivity index (χ3v) is 6.46. The predicted molar refractivity (Wildman–Crippen MR) is 112 cm³/mol. The standard InChI is InChI=1S/C22H19FN4O2S/c1-12-16-10-13(6-9-18(16)24-21(12)29)19(28)11-30-22-26-25-20(27(22)14-7-8-14)15-4-2-3-5-17(15)23/h2-6,9-10,12,14H,7-8,11H2,1H3,(H,24,29)/t12-/m1/s1. The number of hydrogen-bond acceptors (Lipinski definition) is 5. The van der Waals surface area contributed by atoms with Gasteiger partial charge in [-0.15, -0.1) is 10.2 Å². The quantitative estimate of drug-likeness (QED) is 0.469. The Morgan fingerprint density at radius 3 is 2.80 bits per heavy atom. The molecule has 0 saturated heterocycles. The van der Waals surface area contributed by atoms with Gasteiger partial charge in [0, 0.05) is 17.3 Å². The minimum atomic E-state index is -0.338. The zero-order chi connectivity index (χ0) is 20.8. The molecule has 0 radical (unpaired) electrons. The lowest BCUT2D eigenvalue weighted by Gasteiger charge is -2.09. The monoisotopic (exact) mass is 422 g/mol. The van der Waals surface area contributed by atoms with Gasteiger partial charge in [0.1, 0.15) is 5.82 Å². The first-order valence-electron chi connectivity index (χ1n) is 9.83. The van der Waals surface area contributed by atoms with E-state index < -0.39 is 0 Å². The molecular weight excluding hydrogens is 403 g/mol. The summed E-state index contributed by atoms with van der Waals surface area (Å²) in [5, 5.41) is 11.9. The molecule has 2 aliphatic rings. The van der Waals surface area contributed by atoms with Crippen molar-refractivity contribution in [2.45, 2.75) is 36.9 Å². The number of fused-ring (bicyclic) bond motifs is 1. The average molecular weight is 422 g/mol. The minimum absolute atomic E-state index is 0.0489. The Morgan fingerprint density at radius 2 is 2.03 bits per heavy atom. The fourth-order valence-corrected chi connectivity index (χ4v) is 4.57. The fourth-order valence-electron chi connectivity index (χ4n) is 3.67. The number of ketones is 1. The Balaban J connectivity index is 1.37. The van der Waals surface area contributed by atoms with Crippen LogP contribution in [0.4, 0.5) is 10.1 Å². The van der Waals surface area contributed by atoms with Crippen LogP contribution in [-0.4, -0.2) is 32.2 Å². The van der Waals surface area contributed by atoms with E-state index in [-0.39, 0.29) is 35.2 Å². The third kappa shape index (κ3) is 3.31. The molecule has 1 aliphatic heterocycles. The summed E-state index contributed by atoms with van der Waals surface area (Å²) in [4.78, 5) is 24.6. The third-order valence-electron chi connectivity index (χ3n) is 5.51. The van der Waals surface area contributed by atoms with Crippen molar-refractivity contribution in [3.63, 3.8) is 0 Å². The molecule has 3 aromatic rings. The van der Waals surface area contributed by atoms with Crippen LogP contribution in [0, 0.1) is 5.82 Å². The van der Waals surface area contributed by atoms with Crippen molar-refractivity contribution in [2.24, 2.45) is 0 Å². The number of carbonyl (C=O) groups excluding carboxylic acids is 2. The van der Waals surface area contributed by atoms with Crippen LogP contribution in [0.1, 0.15) is 47.6 Å². The van der Waals surface area contributed by atoms with Crippen LogP contribution in [0.3, 0.4) is 0 Å². The molecule has 6 nitrogen and oxygen atoms in total. The van der Waals surface area contributed by atoms with Gasteiger partial charge in [-0.05, 0) is 55.7 Å². The van der Waals surface area contributed by atoms with E-state index in [1.54, 1.807) is 36.4 Å². The second kappa shape index (κ2) is 7.36. The van der Waals surface area contributed by atoms with E-state index in [9.17, 15) is 14.0 Å². The molecule has 30 heavy (non-hydrogen) atoms. The minimum Gasteiger partial charge on any atom is -0.325 e. The van der Waals surface area contributed by atoms with Gasteiger partial charge in [-0.25, -0.2) is 4.39 Å².